The van der Waals surface area contributed by atoms with Crippen molar-refractivity contribution in [1.29, 1.82) is 0 Å². The highest BCUT2D eigenvalue weighted by atomic mass is 79.9. The third kappa shape index (κ3) is 5.27. The number of rotatable bonds is 6. The molecular weight excluding hydrogens is 510 g/mol. The van der Waals surface area contributed by atoms with E-state index in [0.29, 0.717) is 21.1 Å². The largest absolute Gasteiger partial charge is 0.506 e. The fourth-order valence-electron chi connectivity index (χ4n) is 2.36. The molecule has 1 amide bonds. The van der Waals surface area contributed by atoms with Gasteiger partial charge in [0.2, 0.25) is 0 Å². The van der Waals surface area contributed by atoms with Crippen molar-refractivity contribution >= 4 is 49.7 Å². The molecule has 0 aliphatic rings. The summed E-state index contributed by atoms with van der Waals surface area (Å²) in [7, 11) is 0. The molecule has 2 aromatic carbocycles. The maximum absolute atomic E-state index is 12.2. The standard InChI is InChI=1S/C18H13Br2N5O4/c19-14-7-12(8-15(20)17(14)26)9-21-22-18(27)16-5-6-24(23-16)10-11-1-3-13(4-2-11)25(28)29/h1-9,26H,10H2,(H,22,27). The molecule has 0 aliphatic heterocycles. The number of nitro groups is 1. The molecule has 3 aromatic rings. The van der Waals surface area contributed by atoms with Crippen LogP contribution in [0, 0.1) is 10.1 Å². The summed E-state index contributed by atoms with van der Waals surface area (Å²) in [4.78, 5) is 22.4. The number of hydrogen-bond donors (Lipinski definition) is 2. The number of non-ortho nitro benzene ring substituents is 1. The monoisotopic (exact) mass is 521 g/mol. The van der Waals surface area contributed by atoms with E-state index in [9.17, 15) is 20.0 Å². The predicted molar refractivity (Wildman–Crippen MR) is 113 cm³/mol. The predicted octanol–water partition coefficient (Wildman–Crippen LogP) is 3.83. The lowest BCUT2D eigenvalue weighted by molar-refractivity contribution is -0.384. The zero-order valence-corrected chi connectivity index (χ0v) is 17.8. The van der Waals surface area contributed by atoms with Gasteiger partial charge in [0.25, 0.3) is 11.6 Å². The second-order valence-electron chi connectivity index (χ2n) is 5.85. The lowest BCUT2D eigenvalue weighted by atomic mass is 10.2. The molecule has 0 atom stereocenters. The highest BCUT2D eigenvalue weighted by molar-refractivity contribution is 9.11. The molecule has 9 nitrogen and oxygen atoms in total. The zero-order chi connectivity index (χ0) is 21.0. The van der Waals surface area contributed by atoms with Crippen molar-refractivity contribution in [2.45, 2.75) is 6.54 Å². The minimum Gasteiger partial charge on any atom is -0.506 e. The number of carbonyl (C=O) groups is 1. The van der Waals surface area contributed by atoms with Gasteiger partial charge in [0.1, 0.15) is 5.75 Å². The Morgan fingerprint density at radius 2 is 1.90 bits per heavy atom. The van der Waals surface area contributed by atoms with Crippen molar-refractivity contribution in [2.24, 2.45) is 5.10 Å². The summed E-state index contributed by atoms with van der Waals surface area (Å²) in [5.74, 6) is -0.412. The first-order chi connectivity index (χ1) is 13.8. The number of amides is 1. The van der Waals surface area contributed by atoms with E-state index in [1.165, 1.54) is 18.3 Å². The van der Waals surface area contributed by atoms with Crippen molar-refractivity contribution in [1.82, 2.24) is 15.2 Å². The van der Waals surface area contributed by atoms with Gasteiger partial charge in [-0.2, -0.15) is 10.2 Å². The van der Waals surface area contributed by atoms with Crippen LogP contribution in [0.3, 0.4) is 0 Å². The summed E-state index contributed by atoms with van der Waals surface area (Å²) < 4.78 is 2.53. The van der Waals surface area contributed by atoms with Gasteiger partial charge in [0.05, 0.1) is 26.6 Å². The number of nitrogens with zero attached hydrogens (tertiary/aromatic N) is 4. The quantitative estimate of drug-likeness (QED) is 0.289. The fourth-order valence-corrected chi connectivity index (χ4v) is 3.59. The lowest BCUT2D eigenvalue weighted by Crippen LogP contribution is -2.18. The highest BCUT2D eigenvalue weighted by Gasteiger charge is 2.10. The Morgan fingerprint density at radius 1 is 1.24 bits per heavy atom. The van der Waals surface area contributed by atoms with Gasteiger partial charge in [-0.25, -0.2) is 5.43 Å². The Morgan fingerprint density at radius 3 is 2.52 bits per heavy atom. The zero-order valence-electron chi connectivity index (χ0n) is 14.6. The third-order valence-corrected chi connectivity index (χ3v) is 4.99. The summed E-state index contributed by atoms with van der Waals surface area (Å²) in [6, 6.07) is 10.9. The SMILES string of the molecule is O=C(NN=Cc1cc(Br)c(O)c(Br)c1)c1ccn(Cc2ccc([N+](=O)[O-])cc2)n1. The Kier molecular flexibility index (Phi) is 6.39. The van der Waals surface area contributed by atoms with E-state index in [-0.39, 0.29) is 17.1 Å². The molecular formula is C18H13Br2N5O4. The molecule has 29 heavy (non-hydrogen) atoms. The number of hydrazone groups is 1. The summed E-state index contributed by atoms with van der Waals surface area (Å²) in [5.41, 5.74) is 4.05. The molecule has 1 aromatic heterocycles. The molecule has 1 heterocycles. The van der Waals surface area contributed by atoms with E-state index >= 15 is 0 Å². The van der Waals surface area contributed by atoms with Gasteiger partial charge in [-0.3, -0.25) is 19.6 Å². The molecule has 0 fully saturated rings. The number of nitrogens with one attached hydrogen (secondary N) is 1. The van der Waals surface area contributed by atoms with Crippen LogP contribution >= 0.6 is 31.9 Å². The van der Waals surface area contributed by atoms with E-state index in [2.05, 4.69) is 47.5 Å². The number of carbonyl (C=O) groups excluding carboxylic acids is 1. The Bertz CT molecular complexity index is 1070. The van der Waals surface area contributed by atoms with Crippen molar-refractivity contribution in [3.05, 3.63) is 84.5 Å². The topological polar surface area (TPSA) is 123 Å². The Labute approximate surface area is 181 Å². The van der Waals surface area contributed by atoms with Crippen molar-refractivity contribution in [3.8, 4) is 5.75 Å². The molecule has 3 rings (SSSR count). The van der Waals surface area contributed by atoms with E-state index < -0.39 is 10.8 Å². The van der Waals surface area contributed by atoms with Gasteiger partial charge in [-0.05, 0) is 61.2 Å². The lowest BCUT2D eigenvalue weighted by Gasteiger charge is -2.02. The van der Waals surface area contributed by atoms with Crippen LogP contribution in [0.1, 0.15) is 21.6 Å². The first-order valence-electron chi connectivity index (χ1n) is 8.11. The molecule has 0 radical (unpaired) electrons. The molecule has 0 spiro atoms. The molecule has 11 heteroatoms. The van der Waals surface area contributed by atoms with Crippen molar-refractivity contribution in [2.75, 3.05) is 0 Å². The number of hydrogen-bond acceptors (Lipinski definition) is 6. The van der Waals surface area contributed by atoms with Crippen LogP contribution in [-0.4, -0.2) is 31.9 Å². The second kappa shape index (κ2) is 8.97. The molecule has 0 saturated carbocycles. The smallest absolute Gasteiger partial charge is 0.291 e. The Balaban J connectivity index is 1.61. The number of halogens is 2. The van der Waals surface area contributed by atoms with Gasteiger partial charge >= 0.3 is 0 Å². The van der Waals surface area contributed by atoms with Crippen LogP contribution in [-0.2, 0) is 6.54 Å². The van der Waals surface area contributed by atoms with Gasteiger partial charge < -0.3 is 5.11 Å². The van der Waals surface area contributed by atoms with Crippen molar-refractivity contribution in [3.63, 3.8) is 0 Å². The van der Waals surface area contributed by atoms with Gasteiger partial charge in [-0.1, -0.05) is 12.1 Å². The maximum atomic E-state index is 12.2. The number of aromatic hydroxyl groups is 1. The average Bonchev–Trinajstić information content (AvgIpc) is 3.15. The van der Waals surface area contributed by atoms with Crippen LogP contribution < -0.4 is 5.43 Å². The Hall–Kier alpha value is -3.05. The molecule has 0 aliphatic carbocycles. The van der Waals surface area contributed by atoms with Crippen LogP contribution in [0.25, 0.3) is 0 Å². The average molecular weight is 523 g/mol. The number of phenols is 1. The minimum absolute atomic E-state index is 0.0137. The number of benzene rings is 2. The van der Waals surface area contributed by atoms with Crippen molar-refractivity contribution < 1.29 is 14.8 Å². The summed E-state index contributed by atoms with van der Waals surface area (Å²) in [6.07, 6.45) is 3.06. The fraction of sp³-hybridized carbons (Fsp3) is 0.0556. The van der Waals surface area contributed by atoms with E-state index in [1.54, 1.807) is 41.2 Å². The van der Waals surface area contributed by atoms with Gasteiger partial charge in [-0.15, -0.1) is 0 Å². The number of phenolic OH excluding ortho intramolecular Hbond substituents is 1. The summed E-state index contributed by atoms with van der Waals surface area (Å²) in [5, 5.41) is 28.4. The van der Waals surface area contributed by atoms with Crippen LogP contribution in [0.2, 0.25) is 0 Å². The first-order valence-corrected chi connectivity index (χ1v) is 9.70. The highest BCUT2D eigenvalue weighted by Crippen LogP contribution is 2.32. The van der Waals surface area contributed by atoms with Gasteiger partial charge in [0.15, 0.2) is 5.69 Å². The van der Waals surface area contributed by atoms with E-state index in [1.807, 2.05) is 0 Å². The van der Waals surface area contributed by atoms with Gasteiger partial charge in [0, 0.05) is 18.3 Å². The van der Waals surface area contributed by atoms with Crippen LogP contribution in [0.5, 0.6) is 5.75 Å². The number of nitro benzene ring substituents is 1. The maximum Gasteiger partial charge on any atom is 0.291 e. The molecule has 2 N–H and O–H groups in total. The van der Waals surface area contributed by atoms with Crippen LogP contribution in [0.15, 0.2) is 62.7 Å². The molecule has 0 saturated heterocycles. The van der Waals surface area contributed by atoms with E-state index in [0.717, 1.165) is 5.56 Å². The third-order valence-electron chi connectivity index (χ3n) is 3.78. The number of aromatic nitrogens is 2. The van der Waals surface area contributed by atoms with Crippen LogP contribution in [0.4, 0.5) is 5.69 Å². The molecule has 0 unspecified atom stereocenters. The minimum atomic E-state index is -0.486. The summed E-state index contributed by atoms with van der Waals surface area (Å²) >= 11 is 6.44. The molecule has 0 bridgehead atoms. The van der Waals surface area contributed by atoms with E-state index in [4.69, 9.17) is 0 Å². The normalized spacial score (nSPS) is 11.0. The first kappa shape index (κ1) is 20.7. The molecule has 148 valence electrons. The summed E-state index contributed by atoms with van der Waals surface area (Å²) in [6.45, 7) is 0.365. The second-order valence-corrected chi connectivity index (χ2v) is 7.56.